The SMILES string of the molecule is Cc1ccc2[nH]c(=O)c(CN(Cc3cccnc3)C(=S)Nc3cccc(Cl)c3)cc2c1. The zero-order chi connectivity index (χ0) is 21.8. The highest BCUT2D eigenvalue weighted by Crippen LogP contribution is 2.18. The lowest BCUT2D eigenvalue weighted by Gasteiger charge is -2.26. The van der Waals surface area contributed by atoms with E-state index in [1.165, 1.54) is 0 Å². The smallest absolute Gasteiger partial charge is 0.253 e. The average molecular weight is 449 g/mol. The molecular weight excluding hydrogens is 428 g/mol. The fourth-order valence-corrected chi connectivity index (χ4v) is 3.81. The number of thiocarbonyl (C=S) groups is 1. The molecule has 31 heavy (non-hydrogen) atoms. The van der Waals surface area contributed by atoms with Gasteiger partial charge in [0.05, 0.1) is 6.54 Å². The molecule has 2 aromatic heterocycles. The van der Waals surface area contributed by atoms with Crippen molar-refractivity contribution in [1.29, 1.82) is 0 Å². The largest absolute Gasteiger partial charge is 0.340 e. The highest BCUT2D eigenvalue weighted by molar-refractivity contribution is 7.80. The van der Waals surface area contributed by atoms with Gasteiger partial charge in [0, 0.05) is 40.7 Å². The van der Waals surface area contributed by atoms with Gasteiger partial charge in [-0.1, -0.05) is 35.4 Å². The summed E-state index contributed by atoms with van der Waals surface area (Å²) in [6.07, 6.45) is 3.52. The third kappa shape index (κ3) is 5.29. The molecule has 0 radical (unpaired) electrons. The molecule has 5 nitrogen and oxygen atoms in total. The van der Waals surface area contributed by atoms with Gasteiger partial charge in [-0.05, 0) is 72.6 Å². The summed E-state index contributed by atoms with van der Waals surface area (Å²) in [7, 11) is 0. The summed E-state index contributed by atoms with van der Waals surface area (Å²) in [6.45, 7) is 2.88. The number of anilines is 1. The summed E-state index contributed by atoms with van der Waals surface area (Å²) in [4.78, 5) is 21.9. The van der Waals surface area contributed by atoms with E-state index >= 15 is 0 Å². The Kier molecular flexibility index (Phi) is 6.30. The molecule has 0 fully saturated rings. The summed E-state index contributed by atoms with van der Waals surface area (Å²) >= 11 is 11.8. The molecule has 0 atom stereocenters. The van der Waals surface area contributed by atoms with Crippen LogP contribution < -0.4 is 10.9 Å². The molecule has 156 valence electrons. The molecular formula is C24H21ClN4OS. The molecule has 2 heterocycles. The van der Waals surface area contributed by atoms with Crippen LogP contribution in [0.2, 0.25) is 5.02 Å². The van der Waals surface area contributed by atoms with Gasteiger partial charge in [0.15, 0.2) is 5.11 Å². The van der Waals surface area contributed by atoms with Crippen molar-refractivity contribution >= 4 is 45.5 Å². The Balaban J connectivity index is 1.65. The number of fused-ring (bicyclic) bond motifs is 1. The van der Waals surface area contributed by atoms with Crippen LogP contribution in [0.1, 0.15) is 16.7 Å². The maximum absolute atomic E-state index is 12.8. The molecule has 7 heteroatoms. The Morgan fingerprint density at radius 2 is 2.00 bits per heavy atom. The van der Waals surface area contributed by atoms with E-state index in [9.17, 15) is 4.79 Å². The van der Waals surface area contributed by atoms with Gasteiger partial charge in [0.25, 0.3) is 5.56 Å². The van der Waals surface area contributed by atoms with Gasteiger partial charge in [0.1, 0.15) is 0 Å². The van der Waals surface area contributed by atoms with E-state index in [1.807, 2.05) is 60.4 Å². The first-order valence-electron chi connectivity index (χ1n) is 9.81. The number of rotatable bonds is 5. The number of pyridine rings is 2. The van der Waals surface area contributed by atoms with Crippen molar-refractivity contribution < 1.29 is 0 Å². The van der Waals surface area contributed by atoms with Crippen molar-refractivity contribution in [3.63, 3.8) is 0 Å². The second kappa shape index (κ2) is 9.29. The number of aromatic amines is 1. The fraction of sp³-hybridized carbons (Fsp3) is 0.125. The third-order valence-electron chi connectivity index (χ3n) is 4.90. The van der Waals surface area contributed by atoms with Crippen LogP contribution in [-0.4, -0.2) is 20.0 Å². The molecule has 0 saturated heterocycles. The van der Waals surface area contributed by atoms with Gasteiger partial charge in [-0.25, -0.2) is 0 Å². The van der Waals surface area contributed by atoms with Crippen molar-refractivity contribution in [2.45, 2.75) is 20.0 Å². The highest BCUT2D eigenvalue weighted by Gasteiger charge is 2.15. The Morgan fingerprint density at radius 3 is 2.77 bits per heavy atom. The number of hydrogen-bond acceptors (Lipinski definition) is 3. The Labute approximate surface area is 190 Å². The molecule has 2 N–H and O–H groups in total. The van der Waals surface area contributed by atoms with Gasteiger partial charge in [-0.15, -0.1) is 0 Å². The van der Waals surface area contributed by atoms with Gasteiger partial charge in [0.2, 0.25) is 0 Å². The molecule has 2 aromatic carbocycles. The van der Waals surface area contributed by atoms with E-state index < -0.39 is 0 Å². The Hall–Kier alpha value is -3.22. The monoisotopic (exact) mass is 448 g/mol. The van der Waals surface area contributed by atoms with E-state index in [-0.39, 0.29) is 5.56 Å². The number of nitrogens with one attached hydrogen (secondary N) is 2. The molecule has 4 aromatic rings. The lowest BCUT2D eigenvalue weighted by molar-refractivity contribution is 0.410. The number of nitrogens with zero attached hydrogens (tertiary/aromatic N) is 2. The summed E-state index contributed by atoms with van der Waals surface area (Å²) in [5, 5.41) is 5.33. The maximum atomic E-state index is 12.8. The van der Waals surface area contributed by atoms with Crippen molar-refractivity contribution in [3.05, 3.63) is 105 Å². The third-order valence-corrected chi connectivity index (χ3v) is 5.49. The first-order chi connectivity index (χ1) is 15.0. The first kappa shape index (κ1) is 21.0. The molecule has 0 unspecified atom stereocenters. The lowest BCUT2D eigenvalue weighted by atomic mass is 10.1. The van der Waals surface area contributed by atoms with Crippen LogP contribution in [-0.2, 0) is 13.1 Å². The van der Waals surface area contributed by atoms with Gasteiger partial charge >= 0.3 is 0 Å². The molecule has 0 bridgehead atoms. The van der Waals surface area contributed by atoms with E-state index in [1.54, 1.807) is 18.5 Å². The van der Waals surface area contributed by atoms with Gasteiger partial charge in [-0.2, -0.15) is 0 Å². The van der Waals surface area contributed by atoms with Crippen LogP contribution in [0.3, 0.4) is 0 Å². The quantitative estimate of drug-likeness (QED) is 0.406. The predicted molar refractivity (Wildman–Crippen MR) is 130 cm³/mol. The fourth-order valence-electron chi connectivity index (χ4n) is 3.37. The second-order valence-corrected chi connectivity index (χ2v) is 8.20. The van der Waals surface area contributed by atoms with Crippen LogP contribution in [0, 0.1) is 6.92 Å². The minimum atomic E-state index is -0.127. The van der Waals surface area contributed by atoms with E-state index in [0.29, 0.717) is 28.8 Å². The summed E-state index contributed by atoms with van der Waals surface area (Å²) < 4.78 is 0. The van der Waals surface area contributed by atoms with Crippen molar-refractivity contribution in [1.82, 2.24) is 14.9 Å². The Bertz CT molecular complexity index is 1290. The number of hydrogen-bond donors (Lipinski definition) is 2. The molecule has 0 aliphatic carbocycles. The standard InChI is InChI=1S/C24H21ClN4OS/c1-16-7-8-22-18(10-16)11-19(23(30)28-22)15-29(14-17-4-3-9-26-13-17)24(31)27-21-6-2-5-20(25)12-21/h2-13H,14-15H2,1H3,(H,27,31)(H,28,30). The summed E-state index contributed by atoms with van der Waals surface area (Å²) in [5.74, 6) is 0. The molecule has 0 spiro atoms. The Morgan fingerprint density at radius 1 is 1.13 bits per heavy atom. The lowest BCUT2D eigenvalue weighted by Crippen LogP contribution is -2.35. The molecule has 4 rings (SSSR count). The number of H-pyrrole nitrogens is 1. The van der Waals surface area contributed by atoms with Crippen molar-refractivity contribution in [2.24, 2.45) is 0 Å². The van der Waals surface area contributed by atoms with Gasteiger partial charge in [-0.3, -0.25) is 9.78 Å². The number of aromatic nitrogens is 2. The summed E-state index contributed by atoms with van der Waals surface area (Å²) in [6, 6.07) is 19.1. The van der Waals surface area contributed by atoms with Crippen LogP contribution in [0.25, 0.3) is 10.9 Å². The van der Waals surface area contributed by atoms with E-state index in [2.05, 4.69) is 21.4 Å². The average Bonchev–Trinajstić information content (AvgIpc) is 2.75. The van der Waals surface area contributed by atoms with E-state index in [4.69, 9.17) is 23.8 Å². The normalized spacial score (nSPS) is 10.8. The zero-order valence-electron chi connectivity index (χ0n) is 16.9. The summed E-state index contributed by atoms with van der Waals surface area (Å²) in [5.41, 5.74) is 4.24. The van der Waals surface area contributed by atoms with Crippen molar-refractivity contribution in [3.8, 4) is 0 Å². The predicted octanol–water partition coefficient (Wildman–Crippen LogP) is 5.28. The minimum Gasteiger partial charge on any atom is -0.340 e. The van der Waals surface area contributed by atoms with Crippen LogP contribution in [0.4, 0.5) is 5.69 Å². The number of aryl methyl sites for hydroxylation is 1. The van der Waals surface area contributed by atoms with Crippen LogP contribution in [0.15, 0.2) is 77.9 Å². The van der Waals surface area contributed by atoms with Crippen LogP contribution in [0.5, 0.6) is 0 Å². The van der Waals surface area contributed by atoms with E-state index in [0.717, 1.165) is 27.7 Å². The first-order valence-corrected chi connectivity index (χ1v) is 10.6. The zero-order valence-corrected chi connectivity index (χ0v) is 18.5. The maximum Gasteiger partial charge on any atom is 0.253 e. The topological polar surface area (TPSA) is 61.0 Å². The number of halogens is 1. The number of benzene rings is 2. The molecule has 0 aliphatic rings. The molecule has 0 amide bonds. The minimum absolute atomic E-state index is 0.127. The molecule has 0 saturated carbocycles. The highest BCUT2D eigenvalue weighted by atomic mass is 35.5. The molecule has 0 aliphatic heterocycles. The van der Waals surface area contributed by atoms with Gasteiger partial charge < -0.3 is 15.2 Å². The van der Waals surface area contributed by atoms with Crippen LogP contribution >= 0.6 is 23.8 Å². The second-order valence-electron chi connectivity index (χ2n) is 7.37. The van der Waals surface area contributed by atoms with Crippen molar-refractivity contribution in [2.75, 3.05) is 5.32 Å².